The van der Waals surface area contributed by atoms with Gasteiger partial charge in [0.25, 0.3) is 5.91 Å². The van der Waals surface area contributed by atoms with Crippen LogP contribution in [0.15, 0.2) is 42.5 Å². The van der Waals surface area contributed by atoms with Gasteiger partial charge in [-0.1, -0.05) is 0 Å². The molecule has 0 saturated carbocycles. The van der Waals surface area contributed by atoms with E-state index in [4.69, 9.17) is 4.74 Å². The van der Waals surface area contributed by atoms with Crippen molar-refractivity contribution in [2.24, 2.45) is 0 Å². The second kappa shape index (κ2) is 6.87. The number of rotatable bonds is 5. The summed E-state index contributed by atoms with van der Waals surface area (Å²) in [6, 6.07) is 9.63. The van der Waals surface area contributed by atoms with Crippen LogP contribution in [0.5, 0.6) is 5.75 Å². The minimum Gasteiger partial charge on any atom is -0.491 e. The zero-order valence-electron chi connectivity index (χ0n) is 12.6. The number of halogens is 1. The lowest BCUT2D eigenvalue weighted by atomic mass is 10.2. The van der Waals surface area contributed by atoms with Crippen molar-refractivity contribution >= 4 is 17.3 Å². The van der Waals surface area contributed by atoms with Crippen LogP contribution in [0.3, 0.4) is 0 Å². The average Bonchev–Trinajstić information content (AvgIpc) is 2.49. The predicted octanol–water partition coefficient (Wildman–Crippen LogP) is 3.77. The molecular formula is C16H15FN2O4. The van der Waals surface area contributed by atoms with E-state index in [1.807, 2.05) is 13.8 Å². The molecule has 23 heavy (non-hydrogen) atoms. The van der Waals surface area contributed by atoms with Crippen LogP contribution in [0, 0.1) is 15.9 Å². The monoisotopic (exact) mass is 318 g/mol. The van der Waals surface area contributed by atoms with E-state index in [0.29, 0.717) is 11.3 Å². The van der Waals surface area contributed by atoms with Crippen molar-refractivity contribution in [3.8, 4) is 5.75 Å². The van der Waals surface area contributed by atoms with Gasteiger partial charge in [0.1, 0.15) is 5.75 Å². The molecule has 7 heteroatoms. The normalized spacial score (nSPS) is 10.4. The summed E-state index contributed by atoms with van der Waals surface area (Å²) in [7, 11) is 0. The zero-order chi connectivity index (χ0) is 17.0. The number of nitrogens with one attached hydrogen (secondary N) is 1. The lowest BCUT2D eigenvalue weighted by molar-refractivity contribution is -0.387. The molecule has 2 aromatic carbocycles. The van der Waals surface area contributed by atoms with Gasteiger partial charge in [0, 0.05) is 17.3 Å². The number of benzene rings is 2. The van der Waals surface area contributed by atoms with Gasteiger partial charge in [-0.3, -0.25) is 14.9 Å². The number of nitrogens with zero attached hydrogens (tertiary/aromatic N) is 1. The lowest BCUT2D eigenvalue weighted by Crippen LogP contribution is -2.12. The highest BCUT2D eigenvalue weighted by Gasteiger charge is 2.15. The summed E-state index contributed by atoms with van der Waals surface area (Å²) in [5.74, 6) is -0.779. The number of carbonyl (C=O) groups is 1. The number of hydrogen-bond donors (Lipinski definition) is 1. The minimum absolute atomic E-state index is 0.0226. The van der Waals surface area contributed by atoms with E-state index in [9.17, 15) is 19.3 Å². The Kier molecular flexibility index (Phi) is 4.90. The quantitative estimate of drug-likeness (QED) is 0.672. The molecule has 0 aromatic heterocycles. The van der Waals surface area contributed by atoms with Gasteiger partial charge in [-0.2, -0.15) is 4.39 Å². The third-order valence-corrected chi connectivity index (χ3v) is 2.89. The predicted molar refractivity (Wildman–Crippen MR) is 83.2 cm³/mol. The number of anilines is 1. The summed E-state index contributed by atoms with van der Waals surface area (Å²) in [6.07, 6.45) is 0.0226. The van der Waals surface area contributed by atoms with Crippen molar-refractivity contribution in [1.82, 2.24) is 0 Å². The van der Waals surface area contributed by atoms with Crippen LogP contribution >= 0.6 is 0 Å². The number of nitro groups is 1. The molecule has 6 nitrogen and oxygen atoms in total. The van der Waals surface area contributed by atoms with Crippen molar-refractivity contribution in [2.75, 3.05) is 5.32 Å². The Labute approximate surface area is 132 Å². The molecule has 1 amide bonds. The Hall–Kier alpha value is -2.96. The van der Waals surface area contributed by atoms with E-state index in [2.05, 4.69) is 5.32 Å². The van der Waals surface area contributed by atoms with Gasteiger partial charge in [0.2, 0.25) is 5.82 Å². The SMILES string of the molecule is CC(C)Oc1ccc(C(=O)Nc2ccc(F)c([N+](=O)[O-])c2)cc1. The van der Waals surface area contributed by atoms with Crippen LogP contribution < -0.4 is 10.1 Å². The fourth-order valence-corrected chi connectivity index (χ4v) is 1.89. The van der Waals surface area contributed by atoms with Crippen molar-refractivity contribution < 1.29 is 18.8 Å². The lowest BCUT2D eigenvalue weighted by Gasteiger charge is -2.10. The summed E-state index contributed by atoms with van der Waals surface area (Å²) in [5, 5.41) is 13.2. The van der Waals surface area contributed by atoms with E-state index >= 15 is 0 Å². The van der Waals surface area contributed by atoms with Gasteiger partial charge in [0.05, 0.1) is 11.0 Å². The number of nitro benzene ring substituents is 1. The van der Waals surface area contributed by atoms with Crippen LogP contribution in [0.1, 0.15) is 24.2 Å². The molecule has 0 unspecified atom stereocenters. The van der Waals surface area contributed by atoms with Crippen LogP contribution in [0.4, 0.5) is 15.8 Å². The summed E-state index contributed by atoms with van der Waals surface area (Å²) in [4.78, 5) is 21.9. The zero-order valence-corrected chi connectivity index (χ0v) is 12.6. The molecular weight excluding hydrogens is 303 g/mol. The molecule has 0 radical (unpaired) electrons. The number of carbonyl (C=O) groups excluding carboxylic acids is 1. The summed E-state index contributed by atoms with van der Waals surface area (Å²) in [6.45, 7) is 3.78. The largest absolute Gasteiger partial charge is 0.491 e. The topological polar surface area (TPSA) is 81.5 Å². The molecule has 120 valence electrons. The molecule has 0 spiro atoms. The summed E-state index contributed by atoms with van der Waals surface area (Å²) >= 11 is 0. The van der Waals surface area contributed by atoms with Gasteiger partial charge in [-0.25, -0.2) is 0 Å². The van der Waals surface area contributed by atoms with E-state index in [0.717, 1.165) is 12.1 Å². The Bertz CT molecular complexity index is 729. The van der Waals surface area contributed by atoms with Gasteiger partial charge in [-0.15, -0.1) is 0 Å². The first-order chi connectivity index (χ1) is 10.9. The maximum atomic E-state index is 13.3. The first kappa shape index (κ1) is 16.4. The highest BCUT2D eigenvalue weighted by Crippen LogP contribution is 2.22. The maximum absolute atomic E-state index is 13.3. The third kappa shape index (κ3) is 4.26. The fourth-order valence-electron chi connectivity index (χ4n) is 1.89. The van der Waals surface area contributed by atoms with Crippen molar-refractivity contribution in [2.45, 2.75) is 20.0 Å². The Balaban J connectivity index is 2.13. The Morgan fingerprint density at radius 2 is 1.87 bits per heavy atom. The van der Waals surface area contributed by atoms with Crippen molar-refractivity contribution in [3.63, 3.8) is 0 Å². The van der Waals surface area contributed by atoms with E-state index in [-0.39, 0.29) is 11.8 Å². The molecule has 1 N–H and O–H groups in total. The van der Waals surface area contributed by atoms with Gasteiger partial charge >= 0.3 is 5.69 Å². The van der Waals surface area contributed by atoms with Gasteiger partial charge in [-0.05, 0) is 50.2 Å². The molecule has 2 rings (SSSR count). The molecule has 0 aliphatic rings. The Morgan fingerprint density at radius 1 is 1.22 bits per heavy atom. The van der Waals surface area contributed by atoms with Crippen LogP contribution in [0.2, 0.25) is 0 Å². The van der Waals surface area contributed by atoms with Crippen LogP contribution in [0.25, 0.3) is 0 Å². The highest BCUT2D eigenvalue weighted by atomic mass is 19.1. The molecule has 0 heterocycles. The molecule has 0 saturated heterocycles. The highest BCUT2D eigenvalue weighted by molar-refractivity contribution is 6.04. The summed E-state index contributed by atoms with van der Waals surface area (Å²) < 4.78 is 18.7. The maximum Gasteiger partial charge on any atom is 0.306 e. The minimum atomic E-state index is -0.955. The second-order valence-electron chi connectivity index (χ2n) is 5.07. The van der Waals surface area contributed by atoms with Crippen LogP contribution in [-0.4, -0.2) is 16.9 Å². The molecule has 0 atom stereocenters. The molecule has 2 aromatic rings. The first-order valence-electron chi connectivity index (χ1n) is 6.89. The van der Waals surface area contributed by atoms with E-state index in [1.54, 1.807) is 24.3 Å². The van der Waals surface area contributed by atoms with Crippen molar-refractivity contribution in [3.05, 3.63) is 64.0 Å². The first-order valence-corrected chi connectivity index (χ1v) is 6.89. The third-order valence-electron chi connectivity index (χ3n) is 2.89. The molecule has 0 fully saturated rings. The van der Waals surface area contributed by atoms with Gasteiger partial charge < -0.3 is 10.1 Å². The molecule has 0 aliphatic carbocycles. The smallest absolute Gasteiger partial charge is 0.306 e. The standard InChI is InChI=1S/C16H15FN2O4/c1-10(2)23-13-6-3-11(4-7-13)16(20)18-12-5-8-14(17)15(9-12)19(21)22/h3-10H,1-2H3,(H,18,20). The number of amides is 1. The Morgan fingerprint density at radius 3 is 2.43 bits per heavy atom. The summed E-state index contributed by atoms with van der Waals surface area (Å²) in [5.41, 5.74) is -0.192. The number of hydrogen-bond acceptors (Lipinski definition) is 4. The van der Waals surface area contributed by atoms with Gasteiger partial charge in [0.15, 0.2) is 0 Å². The van der Waals surface area contributed by atoms with E-state index < -0.39 is 22.3 Å². The second-order valence-corrected chi connectivity index (χ2v) is 5.07. The van der Waals surface area contributed by atoms with Crippen LogP contribution in [-0.2, 0) is 0 Å². The van der Waals surface area contributed by atoms with E-state index in [1.165, 1.54) is 6.07 Å². The van der Waals surface area contributed by atoms with Crippen molar-refractivity contribution in [1.29, 1.82) is 0 Å². The fraction of sp³-hybridized carbons (Fsp3) is 0.188. The molecule has 0 aliphatic heterocycles. The molecule has 0 bridgehead atoms. The number of ether oxygens (including phenoxy) is 1. The average molecular weight is 318 g/mol.